The topological polar surface area (TPSA) is 51.8 Å². The number of thioether (sulfide) groups is 1. The Hall–Kier alpha value is -1.39. The van der Waals surface area contributed by atoms with Crippen LogP contribution in [0.15, 0.2) is 47.9 Å². The highest BCUT2D eigenvalue weighted by atomic mass is 32.2. The number of benzene rings is 1. The summed E-state index contributed by atoms with van der Waals surface area (Å²) in [6.07, 6.45) is 5.06. The molecular weight excluding hydrogens is 230 g/mol. The van der Waals surface area contributed by atoms with Crippen molar-refractivity contribution in [2.24, 2.45) is 5.73 Å². The molecule has 0 amide bonds. The normalized spacial score (nSPS) is 12.4. The van der Waals surface area contributed by atoms with Crippen LogP contribution in [0.1, 0.15) is 17.2 Å². The van der Waals surface area contributed by atoms with E-state index in [4.69, 9.17) is 5.73 Å². The lowest BCUT2D eigenvalue weighted by molar-refractivity contribution is 0.814. The second-order valence-corrected chi connectivity index (χ2v) is 5.00. The SMILES string of the molecule is Cc1cccc(SCC(N)c2cncnc2)c1. The van der Waals surface area contributed by atoms with Crippen molar-refractivity contribution in [1.82, 2.24) is 9.97 Å². The van der Waals surface area contributed by atoms with Crippen LogP contribution in [0.4, 0.5) is 0 Å². The van der Waals surface area contributed by atoms with Crippen LogP contribution in [0.2, 0.25) is 0 Å². The molecule has 0 spiro atoms. The largest absolute Gasteiger partial charge is 0.323 e. The van der Waals surface area contributed by atoms with Gasteiger partial charge in [0.25, 0.3) is 0 Å². The second-order valence-electron chi connectivity index (χ2n) is 3.91. The lowest BCUT2D eigenvalue weighted by Crippen LogP contribution is -2.13. The van der Waals surface area contributed by atoms with Crippen LogP contribution in [0, 0.1) is 6.92 Å². The van der Waals surface area contributed by atoms with E-state index in [2.05, 4.69) is 41.2 Å². The molecule has 0 aliphatic carbocycles. The zero-order chi connectivity index (χ0) is 12.1. The van der Waals surface area contributed by atoms with E-state index >= 15 is 0 Å². The van der Waals surface area contributed by atoms with Gasteiger partial charge in [0, 0.05) is 34.6 Å². The third-order valence-electron chi connectivity index (χ3n) is 2.43. The number of aryl methyl sites for hydroxylation is 1. The zero-order valence-corrected chi connectivity index (χ0v) is 10.5. The first kappa shape index (κ1) is 12.1. The third kappa shape index (κ3) is 3.54. The highest BCUT2D eigenvalue weighted by Gasteiger charge is 2.06. The van der Waals surface area contributed by atoms with E-state index in [1.165, 1.54) is 16.8 Å². The fourth-order valence-corrected chi connectivity index (χ4v) is 2.50. The Labute approximate surface area is 105 Å². The molecule has 3 nitrogen and oxygen atoms in total. The molecule has 2 N–H and O–H groups in total. The lowest BCUT2D eigenvalue weighted by Gasteiger charge is -2.10. The van der Waals surface area contributed by atoms with Crippen molar-refractivity contribution in [3.63, 3.8) is 0 Å². The standard InChI is InChI=1S/C13H15N3S/c1-10-3-2-4-12(5-10)17-8-13(14)11-6-15-9-16-7-11/h2-7,9,13H,8,14H2,1H3. The van der Waals surface area contributed by atoms with Crippen molar-refractivity contribution >= 4 is 11.8 Å². The van der Waals surface area contributed by atoms with Crippen molar-refractivity contribution < 1.29 is 0 Å². The van der Waals surface area contributed by atoms with Gasteiger partial charge < -0.3 is 5.73 Å². The lowest BCUT2D eigenvalue weighted by atomic mass is 10.2. The summed E-state index contributed by atoms with van der Waals surface area (Å²) in [5.74, 6) is 0.830. The molecule has 0 aliphatic rings. The number of nitrogens with two attached hydrogens (primary N) is 1. The van der Waals surface area contributed by atoms with Gasteiger partial charge in [0.05, 0.1) is 0 Å². The van der Waals surface area contributed by atoms with E-state index in [0.29, 0.717) is 0 Å². The number of hydrogen-bond acceptors (Lipinski definition) is 4. The summed E-state index contributed by atoms with van der Waals surface area (Å²) in [4.78, 5) is 9.20. The summed E-state index contributed by atoms with van der Waals surface area (Å²) in [7, 11) is 0. The second kappa shape index (κ2) is 5.80. The Morgan fingerprint density at radius 2 is 2.06 bits per heavy atom. The first-order valence-electron chi connectivity index (χ1n) is 5.45. The van der Waals surface area contributed by atoms with Crippen molar-refractivity contribution in [3.8, 4) is 0 Å². The quantitative estimate of drug-likeness (QED) is 0.841. The fraction of sp³-hybridized carbons (Fsp3) is 0.231. The summed E-state index contributed by atoms with van der Waals surface area (Å²) in [6.45, 7) is 2.09. The van der Waals surface area contributed by atoms with Crippen molar-refractivity contribution in [1.29, 1.82) is 0 Å². The van der Waals surface area contributed by atoms with Crippen LogP contribution in [0.5, 0.6) is 0 Å². The minimum absolute atomic E-state index is 0.0262. The first-order chi connectivity index (χ1) is 8.25. The molecule has 17 heavy (non-hydrogen) atoms. The average molecular weight is 245 g/mol. The maximum Gasteiger partial charge on any atom is 0.115 e. The molecule has 2 rings (SSSR count). The van der Waals surface area contributed by atoms with Crippen LogP contribution in [-0.2, 0) is 0 Å². The first-order valence-corrected chi connectivity index (χ1v) is 6.44. The molecule has 0 fully saturated rings. The molecule has 0 saturated heterocycles. The van der Waals surface area contributed by atoms with Crippen LogP contribution < -0.4 is 5.73 Å². The number of aromatic nitrogens is 2. The molecule has 1 atom stereocenters. The number of rotatable bonds is 4. The van der Waals surface area contributed by atoms with Crippen LogP contribution >= 0.6 is 11.8 Å². The summed E-state index contributed by atoms with van der Waals surface area (Å²) < 4.78 is 0. The Morgan fingerprint density at radius 1 is 1.29 bits per heavy atom. The smallest absolute Gasteiger partial charge is 0.115 e. The van der Waals surface area contributed by atoms with Gasteiger partial charge in [-0.3, -0.25) is 0 Å². The average Bonchev–Trinajstić information content (AvgIpc) is 2.37. The predicted octanol–water partition coefficient (Wildman–Crippen LogP) is 2.58. The molecule has 1 aromatic heterocycles. The van der Waals surface area contributed by atoms with E-state index in [0.717, 1.165) is 11.3 Å². The van der Waals surface area contributed by atoms with E-state index in [1.54, 1.807) is 24.2 Å². The molecule has 2 aromatic rings. The van der Waals surface area contributed by atoms with Crippen molar-refractivity contribution in [3.05, 3.63) is 54.1 Å². The molecule has 0 aliphatic heterocycles. The minimum atomic E-state index is -0.0262. The minimum Gasteiger partial charge on any atom is -0.323 e. The van der Waals surface area contributed by atoms with Crippen molar-refractivity contribution in [2.45, 2.75) is 17.9 Å². The fourth-order valence-electron chi connectivity index (χ4n) is 1.49. The Morgan fingerprint density at radius 3 is 2.76 bits per heavy atom. The van der Waals surface area contributed by atoms with Gasteiger partial charge in [0.2, 0.25) is 0 Å². The molecule has 0 radical (unpaired) electrons. The van der Waals surface area contributed by atoms with Gasteiger partial charge in [-0.2, -0.15) is 0 Å². The summed E-state index contributed by atoms with van der Waals surface area (Å²) in [6, 6.07) is 8.40. The van der Waals surface area contributed by atoms with Gasteiger partial charge in [-0.25, -0.2) is 9.97 Å². The molecular formula is C13H15N3S. The third-order valence-corrected chi connectivity index (χ3v) is 3.54. The molecule has 0 bridgehead atoms. The molecule has 4 heteroatoms. The molecule has 88 valence electrons. The Kier molecular flexibility index (Phi) is 4.12. The molecule has 1 aromatic carbocycles. The molecule has 1 heterocycles. The van der Waals surface area contributed by atoms with Gasteiger partial charge in [-0.15, -0.1) is 11.8 Å². The van der Waals surface area contributed by atoms with Crippen LogP contribution in [0.25, 0.3) is 0 Å². The monoisotopic (exact) mass is 245 g/mol. The summed E-state index contributed by atoms with van der Waals surface area (Å²) in [5.41, 5.74) is 8.33. The Balaban J connectivity index is 1.95. The molecule has 1 unspecified atom stereocenters. The Bertz CT molecular complexity index is 473. The molecule has 0 saturated carbocycles. The predicted molar refractivity (Wildman–Crippen MR) is 70.9 cm³/mol. The van der Waals surface area contributed by atoms with E-state index in [9.17, 15) is 0 Å². The van der Waals surface area contributed by atoms with Crippen molar-refractivity contribution in [2.75, 3.05) is 5.75 Å². The van der Waals surface area contributed by atoms with Gasteiger partial charge in [0.15, 0.2) is 0 Å². The number of hydrogen-bond donors (Lipinski definition) is 1. The van der Waals surface area contributed by atoms with Gasteiger partial charge in [-0.05, 0) is 19.1 Å². The van der Waals surface area contributed by atoms with Crippen LogP contribution in [-0.4, -0.2) is 15.7 Å². The zero-order valence-electron chi connectivity index (χ0n) is 9.71. The van der Waals surface area contributed by atoms with Crippen LogP contribution in [0.3, 0.4) is 0 Å². The van der Waals surface area contributed by atoms with E-state index in [1.807, 2.05) is 0 Å². The summed E-state index contributed by atoms with van der Waals surface area (Å²) in [5, 5.41) is 0. The van der Waals surface area contributed by atoms with Gasteiger partial charge in [-0.1, -0.05) is 17.7 Å². The maximum absolute atomic E-state index is 6.08. The maximum atomic E-state index is 6.08. The highest BCUT2D eigenvalue weighted by molar-refractivity contribution is 7.99. The van der Waals surface area contributed by atoms with E-state index in [-0.39, 0.29) is 6.04 Å². The highest BCUT2D eigenvalue weighted by Crippen LogP contribution is 2.23. The van der Waals surface area contributed by atoms with Gasteiger partial charge >= 0.3 is 0 Å². The number of nitrogens with zero attached hydrogens (tertiary/aromatic N) is 2. The van der Waals surface area contributed by atoms with E-state index < -0.39 is 0 Å². The van der Waals surface area contributed by atoms with Gasteiger partial charge in [0.1, 0.15) is 6.33 Å². The summed E-state index contributed by atoms with van der Waals surface area (Å²) >= 11 is 1.76.